The number of nitrogens with one attached hydrogen (secondary N) is 3. The zero-order chi connectivity index (χ0) is 19.0. The van der Waals surface area contributed by atoms with Crippen LogP contribution in [0.3, 0.4) is 0 Å². The second kappa shape index (κ2) is 6.47. The van der Waals surface area contributed by atoms with Gasteiger partial charge in [0.05, 0.1) is 11.3 Å². The molecule has 10 nitrogen and oxygen atoms in total. The third-order valence-electron chi connectivity index (χ3n) is 4.06. The predicted molar refractivity (Wildman–Crippen MR) is 93.8 cm³/mol. The summed E-state index contributed by atoms with van der Waals surface area (Å²) < 4.78 is 0. The number of allylic oxidation sites excluding steroid dienone is 1. The molecule has 0 spiro atoms. The van der Waals surface area contributed by atoms with E-state index >= 15 is 0 Å². The van der Waals surface area contributed by atoms with Gasteiger partial charge in [-0.2, -0.15) is 4.99 Å². The van der Waals surface area contributed by atoms with Crippen molar-refractivity contribution in [1.82, 2.24) is 15.8 Å². The van der Waals surface area contributed by atoms with Crippen molar-refractivity contribution in [3.63, 3.8) is 0 Å². The highest BCUT2D eigenvalue weighted by atomic mass is 16.6. The van der Waals surface area contributed by atoms with Crippen molar-refractivity contribution in [2.75, 3.05) is 5.32 Å². The first-order valence-electron chi connectivity index (χ1n) is 7.94. The molecule has 26 heavy (non-hydrogen) atoms. The number of nitrogens with zero attached hydrogens (tertiary/aromatic N) is 3. The number of guanidine groups is 1. The van der Waals surface area contributed by atoms with Gasteiger partial charge in [-0.25, -0.2) is 5.01 Å². The highest BCUT2D eigenvalue weighted by Gasteiger charge is 2.39. The van der Waals surface area contributed by atoms with Crippen LogP contribution in [0.1, 0.15) is 25.8 Å². The number of nitro benzene ring substituents is 1. The number of hydrazine groups is 1. The average molecular weight is 358 g/mol. The Morgan fingerprint density at radius 2 is 2.15 bits per heavy atom. The van der Waals surface area contributed by atoms with Crippen LogP contribution >= 0.6 is 0 Å². The number of benzene rings is 1. The van der Waals surface area contributed by atoms with E-state index in [9.17, 15) is 19.7 Å². The number of carbonyl (C=O) groups excluding carboxylic acids is 2. The molecule has 3 N–H and O–H groups in total. The molecule has 136 valence electrons. The largest absolute Gasteiger partial charge is 0.324 e. The summed E-state index contributed by atoms with van der Waals surface area (Å²) in [6.45, 7) is 5.33. The summed E-state index contributed by atoms with van der Waals surface area (Å²) in [5.74, 6) is 0.0264. The lowest BCUT2D eigenvalue weighted by molar-refractivity contribution is -0.385. The van der Waals surface area contributed by atoms with E-state index < -0.39 is 16.9 Å². The van der Waals surface area contributed by atoms with Crippen LogP contribution in [0.5, 0.6) is 0 Å². The van der Waals surface area contributed by atoms with Crippen molar-refractivity contribution in [2.24, 2.45) is 4.99 Å². The molecule has 2 aliphatic heterocycles. The summed E-state index contributed by atoms with van der Waals surface area (Å²) in [4.78, 5) is 39.4. The third kappa shape index (κ3) is 3.21. The first-order valence-corrected chi connectivity index (χ1v) is 7.94. The van der Waals surface area contributed by atoms with E-state index in [0.717, 1.165) is 5.57 Å². The molecular formula is C16H18N6O4. The minimum atomic E-state index is -0.834. The number of fused-ring (bicyclic) bond motifs is 1. The zero-order valence-corrected chi connectivity index (χ0v) is 14.5. The van der Waals surface area contributed by atoms with E-state index in [1.54, 1.807) is 19.1 Å². The van der Waals surface area contributed by atoms with E-state index in [-0.39, 0.29) is 24.0 Å². The van der Waals surface area contributed by atoms with Gasteiger partial charge >= 0.3 is 0 Å². The van der Waals surface area contributed by atoms with Crippen LogP contribution < -0.4 is 16.1 Å². The predicted octanol–water partition coefficient (Wildman–Crippen LogP) is 1.16. The average Bonchev–Trinajstić information content (AvgIpc) is 2.99. The minimum Gasteiger partial charge on any atom is -0.324 e. The lowest BCUT2D eigenvalue weighted by atomic mass is 10.1. The maximum Gasteiger partial charge on any atom is 0.274 e. The number of amides is 2. The Labute approximate surface area is 149 Å². The molecule has 2 heterocycles. The number of hydrogen-bond donors (Lipinski definition) is 3. The highest BCUT2D eigenvalue weighted by Crippen LogP contribution is 2.24. The first-order chi connectivity index (χ1) is 12.3. The van der Waals surface area contributed by atoms with Crippen molar-refractivity contribution in [3.8, 4) is 0 Å². The van der Waals surface area contributed by atoms with E-state index in [2.05, 4.69) is 21.1 Å². The standard InChI is InChI=1S/C16H18N6O4/c1-8(2)14-19-16-18-13(23)7-12(21(16)20-14)15(24)17-10-5-4-9(3)11(6-10)22(25)26/h4-6,12,20H,7H2,1-3H3,(H,17,24)(H,18,19,23)/t12-/m1/s1. The summed E-state index contributed by atoms with van der Waals surface area (Å²) in [5.41, 5.74) is 4.59. The number of aliphatic imine (C=N–C) groups is 1. The smallest absolute Gasteiger partial charge is 0.274 e. The lowest BCUT2D eigenvalue weighted by Gasteiger charge is -2.32. The molecule has 0 unspecified atom stereocenters. The molecule has 0 aliphatic carbocycles. The van der Waals surface area contributed by atoms with Gasteiger partial charge < -0.3 is 5.32 Å². The summed E-state index contributed by atoms with van der Waals surface area (Å²) in [5, 5.41) is 17.8. The normalized spacial score (nSPS) is 18.5. The highest BCUT2D eigenvalue weighted by molar-refractivity contribution is 6.07. The molecule has 1 atom stereocenters. The van der Waals surface area contributed by atoms with Gasteiger partial charge in [0, 0.05) is 17.3 Å². The van der Waals surface area contributed by atoms with Gasteiger partial charge in [-0.1, -0.05) is 6.07 Å². The summed E-state index contributed by atoms with van der Waals surface area (Å²) in [7, 11) is 0. The number of anilines is 1. The molecule has 0 bridgehead atoms. The number of aryl methyl sites for hydroxylation is 1. The Morgan fingerprint density at radius 3 is 2.81 bits per heavy atom. The fraction of sp³-hybridized carbons (Fsp3) is 0.312. The minimum absolute atomic E-state index is 0.0676. The molecule has 2 amide bonds. The SMILES string of the molecule is CC(C)=C1N=C2NC(=O)C[C@H](C(=O)Nc3ccc(C)c([N+](=O)[O-])c3)N2N1. The molecule has 1 aromatic rings. The summed E-state index contributed by atoms with van der Waals surface area (Å²) in [6.07, 6.45) is -0.0676. The van der Waals surface area contributed by atoms with Crippen LogP contribution in [0, 0.1) is 17.0 Å². The quantitative estimate of drug-likeness (QED) is 0.549. The molecule has 0 saturated carbocycles. The Hall–Kier alpha value is -3.43. The van der Waals surface area contributed by atoms with Crippen molar-refractivity contribution < 1.29 is 14.5 Å². The molecule has 0 radical (unpaired) electrons. The fourth-order valence-electron chi connectivity index (χ4n) is 2.65. The van der Waals surface area contributed by atoms with Crippen LogP contribution in [0.15, 0.2) is 34.6 Å². The lowest BCUT2D eigenvalue weighted by Crippen LogP contribution is -2.61. The Kier molecular flexibility index (Phi) is 4.33. The fourth-order valence-corrected chi connectivity index (χ4v) is 2.65. The summed E-state index contributed by atoms with van der Waals surface area (Å²) >= 11 is 0. The van der Waals surface area contributed by atoms with Gasteiger partial charge in [-0.3, -0.25) is 30.4 Å². The monoisotopic (exact) mass is 358 g/mol. The Balaban J connectivity index is 1.83. The van der Waals surface area contributed by atoms with Gasteiger partial charge in [-0.05, 0) is 32.4 Å². The van der Waals surface area contributed by atoms with Crippen molar-refractivity contribution in [3.05, 3.63) is 45.3 Å². The molecule has 3 rings (SSSR count). The second-order valence-corrected chi connectivity index (χ2v) is 6.28. The van der Waals surface area contributed by atoms with Gasteiger partial charge in [0.15, 0.2) is 0 Å². The number of carbonyl (C=O) groups is 2. The molecule has 10 heteroatoms. The van der Waals surface area contributed by atoms with E-state index in [1.807, 2.05) is 13.8 Å². The third-order valence-corrected chi connectivity index (χ3v) is 4.06. The van der Waals surface area contributed by atoms with Gasteiger partial charge in [0.25, 0.3) is 5.69 Å². The van der Waals surface area contributed by atoms with Crippen molar-refractivity contribution >= 4 is 29.1 Å². The van der Waals surface area contributed by atoms with E-state index in [1.165, 1.54) is 11.1 Å². The topological polar surface area (TPSA) is 129 Å². The van der Waals surface area contributed by atoms with Crippen molar-refractivity contribution in [2.45, 2.75) is 33.2 Å². The molecular weight excluding hydrogens is 340 g/mol. The zero-order valence-electron chi connectivity index (χ0n) is 14.5. The van der Waals surface area contributed by atoms with Crippen molar-refractivity contribution in [1.29, 1.82) is 0 Å². The number of nitro groups is 1. The maximum absolute atomic E-state index is 12.7. The van der Waals surface area contributed by atoms with Gasteiger partial charge in [-0.15, -0.1) is 0 Å². The van der Waals surface area contributed by atoms with Gasteiger partial charge in [0.1, 0.15) is 11.9 Å². The molecule has 0 aromatic heterocycles. The maximum atomic E-state index is 12.7. The van der Waals surface area contributed by atoms with Crippen LogP contribution in [0.2, 0.25) is 0 Å². The molecule has 2 aliphatic rings. The molecule has 1 fully saturated rings. The molecule has 1 aromatic carbocycles. The van der Waals surface area contributed by atoms with E-state index in [0.29, 0.717) is 17.1 Å². The Bertz CT molecular complexity index is 871. The number of hydrogen-bond acceptors (Lipinski definition) is 7. The van der Waals surface area contributed by atoms with Crippen LogP contribution in [0.25, 0.3) is 0 Å². The first kappa shape index (κ1) is 17.4. The second-order valence-electron chi connectivity index (χ2n) is 6.28. The van der Waals surface area contributed by atoms with Crippen LogP contribution in [-0.4, -0.2) is 33.7 Å². The number of rotatable bonds is 3. The van der Waals surface area contributed by atoms with Gasteiger partial charge in [0.2, 0.25) is 17.8 Å². The summed E-state index contributed by atoms with van der Waals surface area (Å²) in [6, 6.07) is 3.60. The Morgan fingerprint density at radius 1 is 1.42 bits per heavy atom. The molecule has 1 saturated heterocycles. The van der Waals surface area contributed by atoms with Crippen LogP contribution in [0.4, 0.5) is 11.4 Å². The van der Waals surface area contributed by atoms with E-state index in [4.69, 9.17) is 0 Å². The van der Waals surface area contributed by atoms with Crippen LogP contribution in [-0.2, 0) is 9.59 Å².